The molecule has 2 aliphatic rings. The SMILES string of the molecule is B[C@](C(=O)N[C@H]1CC2CC1CC2(F)F)(c1cncnc1)N(C(=O)[C@H](F)Cl)c1ccc(S(F)(F)(F)(F)F)cc1. The quantitative estimate of drug-likeness (QED) is 0.279. The molecule has 4 rings (SSSR count). The number of benzene rings is 1. The summed E-state index contributed by atoms with van der Waals surface area (Å²) in [4.78, 5) is 32.4. The van der Waals surface area contributed by atoms with Gasteiger partial charge in [-0.15, -0.1) is 0 Å². The molecule has 2 bridgehead atoms. The van der Waals surface area contributed by atoms with Crippen LogP contribution >= 0.6 is 21.8 Å². The van der Waals surface area contributed by atoms with Crippen molar-refractivity contribution in [1.29, 1.82) is 0 Å². The Morgan fingerprint density at radius 1 is 1.11 bits per heavy atom. The molecule has 0 spiro atoms. The van der Waals surface area contributed by atoms with Crippen molar-refractivity contribution in [3.05, 3.63) is 48.5 Å². The fraction of sp³-hybridized carbons (Fsp3) is 0.429. The number of alkyl halides is 4. The number of amides is 2. The topological polar surface area (TPSA) is 75.2 Å². The predicted molar refractivity (Wildman–Crippen MR) is 126 cm³/mol. The van der Waals surface area contributed by atoms with Crippen LogP contribution in [0.2, 0.25) is 0 Å². The summed E-state index contributed by atoms with van der Waals surface area (Å²) < 4.78 is 108. The third-order valence-electron chi connectivity index (χ3n) is 7.10. The molecule has 2 fully saturated rings. The van der Waals surface area contributed by atoms with E-state index >= 15 is 0 Å². The number of aromatic nitrogens is 2. The second kappa shape index (κ2) is 8.44. The Kier molecular flexibility index (Phi) is 6.31. The minimum Gasteiger partial charge on any atom is -0.351 e. The minimum absolute atomic E-state index is 0.00350. The molecular weight excluding hydrogens is 571 g/mol. The van der Waals surface area contributed by atoms with Crippen LogP contribution in [-0.2, 0) is 15.0 Å². The van der Waals surface area contributed by atoms with Gasteiger partial charge in [0, 0.05) is 42.0 Å². The molecule has 2 unspecified atom stereocenters. The first-order chi connectivity index (χ1) is 17.2. The van der Waals surface area contributed by atoms with Crippen LogP contribution < -0.4 is 10.2 Å². The Bertz CT molecular complexity index is 1260. The third-order valence-corrected chi connectivity index (χ3v) is 8.45. The first kappa shape index (κ1) is 28.4. The summed E-state index contributed by atoms with van der Waals surface area (Å²) in [6.45, 7) is 0. The maximum atomic E-state index is 14.2. The molecule has 2 saturated carbocycles. The molecule has 1 N–H and O–H groups in total. The van der Waals surface area contributed by atoms with E-state index in [9.17, 15) is 42.2 Å². The summed E-state index contributed by atoms with van der Waals surface area (Å²) in [6, 6.07) is 0.198. The van der Waals surface area contributed by atoms with Crippen LogP contribution in [0.1, 0.15) is 24.8 Å². The molecule has 1 heterocycles. The summed E-state index contributed by atoms with van der Waals surface area (Å²) in [5.74, 6) is -7.07. The van der Waals surface area contributed by atoms with Crippen molar-refractivity contribution in [3.8, 4) is 0 Å². The van der Waals surface area contributed by atoms with Crippen LogP contribution in [0.5, 0.6) is 0 Å². The number of carbonyl (C=O) groups is 2. The van der Waals surface area contributed by atoms with Crippen molar-refractivity contribution in [2.45, 2.75) is 47.2 Å². The highest BCUT2D eigenvalue weighted by molar-refractivity contribution is 8.45. The predicted octanol–water partition coefficient (Wildman–Crippen LogP) is 5.04. The lowest BCUT2D eigenvalue weighted by atomic mass is 9.69. The Morgan fingerprint density at radius 3 is 2.13 bits per heavy atom. The van der Waals surface area contributed by atoms with E-state index in [1.54, 1.807) is 0 Å². The molecule has 2 aliphatic carbocycles. The van der Waals surface area contributed by atoms with Crippen LogP contribution in [0.3, 0.4) is 0 Å². The summed E-state index contributed by atoms with van der Waals surface area (Å²) in [5.41, 5.74) is -5.82. The molecule has 6 nitrogen and oxygen atoms in total. The Hall–Kier alpha value is -2.62. The van der Waals surface area contributed by atoms with E-state index in [-0.39, 0.29) is 30.5 Å². The van der Waals surface area contributed by atoms with E-state index in [4.69, 9.17) is 11.6 Å². The summed E-state index contributed by atoms with van der Waals surface area (Å²) >= 11 is 5.37. The van der Waals surface area contributed by atoms with E-state index in [0.717, 1.165) is 26.6 Å². The first-order valence-corrected chi connectivity index (χ1v) is 13.5. The van der Waals surface area contributed by atoms with Crippen LogP contribution in [0.25, 0.3) is 0 Å². The smallest absolute Gasteiger partial charge is 0.310 e. The van der Waals surface area contributed by atoms with Crippen molar-refractivity contribution >= 4 is 47.2 Å². The number of hydrogen-bond donors (Lipinski definition) is 1. The van der Waals surface area contributed by atoms with Crippen molar-refractivity contribution in [2.75, 3.05) is 4.90 Å². The number of hydrogen-bond acceptors (Lipinski definition) is 4. The lowest BCUT2D eigenvalue weighted by molar-refractivity contribution is -0.130. The average molecular weight is 591 g/mol. The number of carbonyl (C=O) groups excluding carboxylic acids is 2. The van der Waals surface area contributed by atoms with Gasteiger partial charge in [-0.25, -0.2) is 23.1 Å². The standard InChI is InChI=1S/C21H20BClF8N4O2S/c22-21(13-8-32-10-33-9-13,19(37)34-16-6-12-5-11(16)7-20(12,25)26)35(18(36)17(23)24)14-1-3-15(4-2-14)38(27,28,29,30)31/h1-4,8-12,16-17H,5-7,22H2,(H,34,37)/t11?,12?,16-,17-,21+/m0/s1. The van der Waals surface area contributed by atoms with Gasteiger partial charge < -0.3 is 5.32 Å². The number of halogens is 9. The van der Waals surface area contributed by atoms with Gasteiger partial charge in [-0.1, -0.05) is 31.0 Å². The van der Waals surface area contributed by atoms with Crippen molar-refractivity contribution < 1.29 is 42.2 Å². The van der Waals surface area contributed by atoms with Crippen LogP contribution in [0.4, 0.5) is 38.3 Å². The second-order valence-electron chi connectivity index (χ2n) is 9.61. The molecule has 1 aromatic heterocycles. The normalized spacial score (nSPS) is 26.5. The molecule has 17 heteroatoms. The molecule has 0 aliphatic heterocycles. The largest absolute Gasteiger partial charge is 0.351 e. The summed E-state index contributed by atoms with van der Waals surface area (Å²) in [7, 11) is -9.00. The molecule has 1 aromatic carbocycles. The van der Waals surface area contributed by atoms with Gasteiger partial charge in [-0.3, -0.25) is 14.5 Å². The third kappa shape index (κ3) is 5.16. The minimum atomic E-state index is -10.1. The summed E-state index contributed by atoms with van der Waals surface area (Å²) in [6.07, 6.45) is 2.82. The van der Waals surface area contributed by atoms with Crippen molar-refractivity contribution in [2.24, 2.45) is 11.8 Å². The van der Waals surface area contributed by atoms with Gasteiger partial charge in [0.1, 0.15) is 16.7 Å². The van der Waals surface area contributed by atoms with E-state index < -0.39 is 73.9 Å². The van der Waals surface area contributed by atoms with Gasteiger partial charge in [0.2, 0.25) is 5.91 Å². The maximum absolute atomic E-state index is 14.2. The zero-order valence-corrected chi connectivity index (χ0v) is 21.0. The number of rotatable bonds is 7. The van der Waals surface area contributed by atoms with Gasteiger partial charge >= 0.3 is 10.2 Å². The molecule has 2 amide bonds. The Labute approximate surface area is 217 Å². The second-order valence-corrected chi connectivity index (χ2v) is 12.4. The van der Waals surface area contributed by atoms with E-state index in [1.165, 1.54) is 0 Å². The molecule has 38 heavy (non-hydrogen) atoms. The highest BCUT2D eigenvalue weighted by atomic mass is 35.5. The van der Waals surface area contributed by atoms with Gasteiger partial charge in [0.25, 0.3) is 17.5 Å². The van der Waals surface area contributed by atoms with Crippen LogP contribution in [0, 0.1) is 11.8 Å². The summed E-state index contributed by atoms with van der Waals surface area (Å²) in [5, 5.41) is 2.60. The van der Waals surface area contributed by atoms with E-state index in [2.05, 4.69) is 15.3 Å². The maximum Gasteiger partial charge on any atom is 0.310 e. The monoisotopic (exact) mass is 590 g/mol. The van der Waals surface area contributed by atoms with Crippen LogP contribution in [0.15, 0.2) is 47.9 Å². The molecule has 0 radical (unpaired) electrons. The number of fused-ring (bicyclic) bond motifs is 2. The van der Waals surface area contributed by atoms with Gasteiger partial charge in [-0.05, 0) is 43.0 Å². The molecule has 2 aromatic rings. The number of anilines is 1. The van der Waals surface area contributed by atoms with Gasteiger partial charge in [-0.2, -0.15) is 0 Å². The molecule has 208 valence electrons. The number of nitrogens with one attached hydrogen (secondary N) is 1. The lowest BCUT2D eigenvalue weighted by Gasteiger charge is -2.43. The average Bonchev–Trinajstić information content (AvgIpc) is 3.34. The zero-order valence-electron chi connectivity index (χ0n) is 19.4. The highest BCUT2D eigenvalue weighted by Crippen LogP contribution is 3.02. The van der Waals surface area contributed by atoms with Crippen LogP contribution in [-0.4, -0.2) is 47.2 Å². The zero-order chi connectivity index (χ0) is 28.4. The number of nitrogens with zero attached hydrogens (tertiary/aromatic N) is 3. The van der Waals surface area contributed by atoms with Gasteiger partial charge in [0.15, 0.2) is 7.85 Å². The van der Waals surface area contributed by atoms with Crippen molar-refractivity contribution in [3.63, 3.8) is 0 Å². The first-order valence-electron chi connectivity index (χ1n) is 11.1. The lowest BCUT2D eigenvalue weighted by Crippen LogP contribution is -2.62. The van der Waals surface area contributed by atoms with Gasteiger partial charge in [0.05, 0.1) is 0 Å². The molecular formula is C21H20BClF8N4O2S. The molecule has 0 saturated heterocycles. The Morgan fingerprint density at radius 2 is 1.68 bits per heavy atom. The Balaban J connectivity index is 1.79. The van der Waals surface area contributed by atoms with Crippen molar-refractivity contribution in [1.82, 2.24) is 15.3 Å². The molecule has 5 atom stereocenters. The fourth-order valence-electron chi connectivity index (χ4n) is 5.17. The van der Waals surface area contributed by atoms with E-state index in [1.807, 2.05) is 0 Å². The van der Waals surface area contributed by atoms with E-state index in [0.29, 0.717) is 17.0 Å². The highest BCUT2D eigenvalue weighted by Gasteiger charge is 2.65. The fourth-order valence-corrected chi connectivity index (χ4v) is 5.91.